The summed E-state index contributed by atoms with van der Waals surface area (Å²) in [4.78, 5) is 15.7. The zero-order valence-corrected chi connectivity index (χ0v) is 22.2. The summed E-state index contributed by atoms with van der Waals surface area (Å²) in [5.74, 6) is 1.45. The van der Waals surface area contributed by atoms with E-state index in [4.69, 9.17) is 23.7 Å². The van der Waals surface area contributed by atoms with E-state index in [1.54, 1.807) is 25.0 Å². The van der Waals surface area contributed by atoms with Gasteiger partial charge in [0, 0.05) is 18.7 Å². The number of rotatable bonds is 8. The van der Waals surface area contributed by atoms with Gasteiger partial charge in [-0.15, -0.1) is 0 Å². The van der Waals surface area contributed by atoms with Crippen LogP contribution in [0.4, 0.5) is 0 Å². The SMILES string of the molecule is COc1ccc(C(OC[C@H]2O[C@]3(COc4nc(=O)ccn43)C[C@@H]2O)(c2ccccc2)c2ccc(OC)cc2)cc1. The van der Waals surface area contributed by atoms with Gasteiger partial charge >= 0.3 is 6.01 Å². The van der Waals surface area contributed by atoms with Crippen molar-refractivity contribution in [2.75, 3.05) is 27.4 Å². The Hall–Kier alpha value is -4.18. The normalized spacial score (nSPS) is 21.7. The van der Waals surface area contributed by atoms with Gasteiger partial charge in [-0.25, -0.2) is 0 Å². The number of methoxy groups -OCH3 is 2. The van der Waals surface area contributed by atoms with Crippen LogP contribution in [-0.2, 0) is 20.8 Å². The fraction of sp³-hybridized carbons (Fsp3) is 0.290. The third-order valence-corrected chi connectivity index (χ3v) is 7.61. The van der Waals surface area contributed by atoms with Gasteiger partial charge in [0.05, 0.1) is 26.9 Å². The molecule has 40 heavy (non-hydrogen) atoms. The number of aromatic nitrogens is 2. The molecule has 1 spiro atoms. The number of aliphatic hydroxyl groups excluding tert-OH is 1. The molecular weight excluding hydrogens is 512 g/mol. The van der Waals surface area contributed by atoms with Crippen LogP contribution >= 0.6 is 0 Å². The Bertz CT molecular complexity index is 1470. The van der Waals surface area contributed by atoms with Gasteiger partial charge in [-0.3, -0.25) is 9.36 Å². The summed E-state index contributed by atoms with van der Waals surface area (Å²) >= 11 is 0. The molecule has 1 saturated heterocycles. The van der Waals surface area contributed by atoms with E-state index >= 15 is 0 Å². The largest absolute Gasteiger partial charge is 0.497 e. The van der Waals surface area contributed by atoms with Crippen molar-refractivity contribution < 1.29 is 28.8 Å². The second-order valence-corrected chi connectivity index (χ2v) is 9.90. The van der Waals surface area contributed by atoms with Crippen LogP contribution in [0.2, 0.25) is 0 Å². The van der Waals surface area contributed by atoms with Crippen molar-refractivity contribution in [2.45, 2.75) is 30.0 Å². The van der Waals surface area contributed by atoms with Gasteiger partial charge in [-0.2, -0.15) is 4.98 Å². The summed E-state index contributed by atoms with van der Waals surface area (Å²) in [5, 5.41) is 11.2. The van der Waals surface area contributed by atoms with Crippen LogP contribution in [0, 0.1) is 0 Å². The van der Waals surface area contributed by atoms with Crippen molar-refractivity contribution in [3.63, 3.8) is 0 Å². The van der Waals surface area contributed by atoms with Crippen LogP contribution in [0.25, 0.3) is 0 Å². The molecule has 1 fully saturated rings. The molecule has 6 rings (SSSR count). The Balaban J connectivity index is 1.39. The Morgan fingerprint density at radius 3 is 2.12 bits per heavy atom. The van der Waals surface area contributed by atoms with Crippen molar-refractivity contribution in [1.82, 2.24) is 9.55 Å². The Kier molecular flexibility index (Phi) is 6.79. The highest BCUT2D eigenvalue weighted by molar-refractivity contribution is 5.49. The first kappa shape index (κ1) is 26.1. The maximum absolute atomic E-state index is 11.7. The van der Waals surface area contributed by atoms with Gasteiger partial charge in [-0.05, 0) is 41.0 Å². The maximum Gasteiger partial charge on any atom is 0.302 e. The molecule has 9 heteroatoms. The van der Waals surface area contributed by atoms with Crippen LogP contribution in [-0.4, -0.2) is 54.3 Å². The number of nitrogens with zero attached hydrogens (tertiary/aromatic N) is 2. The monoisotopic (exact) mass is 542 g/mol. The van der Waals surface area contributed by atoms with Crippen molar-refractivity contribution in [2.24, 2.45) is 0 Å². The lowest BCUT2D eigenvalue weighted by Gasteiger charge is -2.37. The van der Waals surface area contributed by atoms with Crippen LogP contribution in [0.1, 0.15) is 23.1 Å². The lowest BCUT2D eigenvalue weighted by atomic mass is 9.80. The molecule has 0 bridgehead atoms. The number of hydrogen-bond acceptors (Lipinski definition) is 8. The zero-order valence-electron chi connectivity index (χ0n) is 22.2. The third-order valence-electron chi connectivity index (χ3n) is 7.61. The number of ether oxygens (including phenoxy) is 5. The van der Waals surface area contributed by atoms with Gasteiger partial charge < -0.3 is 28.8 Å². The molecular formula is C31H30N2O7. The van der Waals surface area contributed by atoms with Gasteiger partial charge in [0.25, 0.3) is 5.56 Å². The van der Waals surface area contributed by atoms with Crippen LogP contribution in [0.5, 0.6) is 17.5 Å². The van der Waals surface area contributed by atoms with Crippen LogP contribution in [0.3, 0.4) is 0 Å². The molecule has 2 aliphatic heterocycles. The average molecular weight is 543 g/mol. The van der Waals surface area contributed by atoms with Crippen LogP contribution < -0.4 is 19.8 Å². The molecule has 3 heterocycles. The Labute approximate surface area is 231 Å². The average Bonchev–Trinajstić information content (AvgIpc) is 3.51. The van der Waals surface area contributed by atoms with Crippen molar-refractivity contribution in [3.8, 4) is 17.5 Å². The quantitative estimate of drug-likeness (QED) is 0.338. The molecule has 206 valence electrons. The molecule has 4 aromatic rings. The predicted molar refractivity (Wildman–Crippen MR) is 146 cm³/mol. The second kappa shape index (κ2) is 10.4. The van der Waals surface area contributed by atoms with E-state index in [2.05, 4.69) is 4.98 Å². The van der Waals surface area contributed by atoms with Crippen molar-refractivity contribution >= 4 is 0 Å². The Morgan fingerprint density at radius 1 is 0.925 bits per heavy atom. The van der Waals surface area contributed by atoms with Gasteiger partial charge in [0.2, 0.25) is 0 Å². The molecule has 0 aliphatic carbocycles. The summed E-state index contributed by atoms with van der Waals surface area (Å²) in [6.07, 6.45) is 0.348. The van der Waals surface area contributed by atoms with E-state index in [1.165, 1.54) is 6.07 Å². The van der Waals surface area contributed by atoms with Gasteiger partial charge in [0.15, 0.2) is 5.72 Å². The number of hydrogen-bond donors (Lipinski definition) is 1. The number of fused-ring (bicyclic) bond motifs is 2. The summed E-state index contributed by atoms with van der Waals surface area (Å²) in [7, 11) is 3.26. The minimum atomic E-state index is -1.05. The predicted octanol–water partition coefficient (Wildman–Crippen LogP) is 3.46. The first-order valence-electron chi connectivity index (χ1n) is 13.0. The zero-order chi connectivity index (χ0) is 27.7. The van der Waals surface area contributed by atoms with Crippen molar-refractivity contribution in [3.05, 3.63) is 118 Å². The third kappa shape index (κ3) is 4.42. The first-order valence-corrected chi connectivity index (χ1v) is 13.0. The van der Waals surface area contributed by atoms with E-state index in [0.717, 1.165) is 28.2 Å². The lowest BCUT2D eigenvalue weighted by Crippen LogP contribution is -2.39. The molecule has 0 unspecified atom stereocenters. The molecule has 1 N–H and O–H groups in total. The second-order valence-electron chi connectivity index (χ2n) is 9.90. The molecule has 3 atom stereocenters. The molecule has 0 saturated carbocycles. The molecule has 1 aromatic heterocycles. The molecule has 3 aromatic carbocycles. The van der Waals surface area contributed by atoms with E-state index in [0.29, 0.717) is 0 Å². The smallest absolute Gasteiger partial charge is 0.302 e. The van der Waals surface area contributed by atoms with E-state index < -0.39 is 29.1 Å². The van der Waals surface area contributed by atoms with E-state index in [-0.39, 0.29) is 25.6 Å². The van der Waals surface area contributed by atoms with Gasteiger partial charge in [-0.1, -0.05) is 54.6 Å². The summed E-state index contributed by atoms with van der Waals surface area (Å²) in [6.45, 7) is 0.205. The summed E-state index contributed by atoms with van der Waals surface area (Å²) in [5.41, 5.74) is 0.247. The highest BCUT2D eigenvalue weighted by atomic mass is 16.6. The van der Waals surface area contributed by atoms with Crippen LogP contribution in [0.15, 0.2) is 95.9 Å². The molecule has 9 nitrogen and oxygen atoms in total. The molecule has 2 aliphatic rings. The minimum Gasteiger partial charge on any atom is -0.497 e. The minimum absolute atomic E-state index is 0.0683. The highest BCUT2D eigenvalue weighted by Gasteiger charge is 2.53. The van der Waals surface area contributed by atoms with Gasteiger partial charge in [0.1, 0.15) is 29.8 Å². The summed E-state index contributed by atoms with van der Waals surface area (Å²) in [6, 6.07) is 27.0. The van der Waals surface area contributed by atoms with Crippen molar-refractivity contribution in [1.29, 1.82) is 0 Å². The highest BCUT2D eigenvalue weighted by Crippen LogP contribution is 2.45. The standard InChI is InChI=1S/C31H30N2O7/c1-36-24-12-8-22(9-13-24)31(21-6-4-3-5-7-21,23-10-14-25(37-2)15-11-23)39-19-27-26(34)18-30(40-27)20-38-29-32-28(35)16-17-33(29)30/h3-17,26-27,34H,18-20H2,1-2H3/t26-,27+,30-/m0/s1. The summed E-state index contributed by atoms with van der Waals surface area (Å²) < 4.78 is 31.5. The topological polar surface area (TPSA) is 101 Å². The van der Waals surface area contributed by atoms with E-state index in [1.807, 2.05) is 78.9 Å². The number of benzene rings is 3. The molecule has 0 radical (unpaired) electrons. The Morgan fingerprint density at radius 2 is 1.52 bits per heavy atom. The lowest BCUT2D eigenvalue weighted by molar-refractivity contribution is -0.137. The maximum atomic E-state index is 11.7. The van der Waals surface area contributed by atoms with E-state index in [9.17, 15) is 9.90 Å². The fourth-order valence-corrected chi connectivity index (χ4v) is 5.59. The fourth-order valence-electron chi connectivity index (χ4n) is 5.59. The first-order chi connectivity index (χ1) is 19.5. The number of aliphatic hydroxyl groups is 1. The molecule has 0 amide bonds.